The van der Waals surface area contributed by atoms with Gasteiger partial charge in [-0.25, -0.2) is 0 Å². The monoisotopic (exact) mass is 199 g/mol. The van der Waals surface area contributed by atoms with Gasteiger partial charge in [-0.1, -0.05) is 0 Å². The molecule has 0 aromatic carbocycles. The average molecular weight is 199 g/mol. The predicted octanol–water partition coefficient (Wildman–Crippen LogP) is 1.12. The lowest BCUT2D eigenvalue weighted by Gasteiger charge is -2.25. The van der Waals surface area contributed by atoms with Crippen molar-refractivity contribution in [3.63, 3.8) is 0 Å². The van der Waals surface area contributed by atoms with Gasteiger partial charge in [0.2, 0.25) is 0 Å². The Morgan fingerprint density at radius 1 is 1.46 bits per heavy atom. The van der Waals surface area contributed by atoms with Gasteiger partial charge in [0.15, 0.2) is 0 Å². The van der Waals surface area contributed by atoms with Gasteiger partial charge in [-0.05, 0) is 12.1 Å². The summed E-state index contributed by atoms with van der Waals surface area (Å²) in [5, 5.41) is 0. The van der Waals surface area contributed by atoms with Crippen molar-refractivity contribution >= 4 is 11.3 Å². The summed E-state index contributed by atoms with van der Waals surface area (Å²) < 4.78 is 10.6. The van der Waals surface area contributed by atoms with Gasteiger partial charge in [0.1, 0.15) is 6.10 Å². The molecule has 0 atom stereocenters. The first-order valence-corrected chi connectivity index (χ1v) is 5.17. The minimum Gasteiger partial charge on any atom is -0.376 e. The van der Waals surface area contributed by atoms with Crippen LogP contribution < -0.4 is 5.73 Å². The third-order valence-corrected chi connectivity index (χ3v) is 3.07. The van der Waals surface area contributed by atoms with E-state index in [2.05, 4.69) is 12.1 Å². The highest BCUT2D eigenvalue weighted by atomic mass is 32.1. The third kappa shape index (κ3) is 2.28. The molecule has 1 aliphatic heterocycles. The smallest absolute Gasteiger partial charge is 0.105 e. The maximum atomic E-state index is 5.57. The van der Waals surface area contributed by atoms with E-state index in [0.717, 1.165) is 13.2 Å². The lowest BCUT2D eigenvalue weighted by atomic mass is 10.3. The lowest BCUT2D eigenvalue weighted by molar-refractivity contribution is -0.134. The molecule has 1 saturated heterocycles. The number of nitrogens with two attached hydrogens (primary N) is 1. The van der Waals surface area contributed by atoms with Crippen molar-refractivity contribution in [2.45, 2.75) is 19.3 Å². The van der Waals surface area contributed by atoms with Gasteiger partial charge >= 0.3 is 0 Å². The molecule has 0 bridgehead atoms. The highest BCUT2D eigenvalue weighted by Gasteiger charge is 2.18. The topological polar surface area (TPSA) is 44.5 Å². The molecule has 4 heteroatoms. The molecular formula is C9H13NO2S. The summed E-state index contributed by atoms with van der Waals surface area (Å²) in [5.74, 6) is 0. The van der Waals surface area contributed by atoms with Gasteiger partial charge in [0, 0.05) is 16.3 Å². The molecule has 1 aliphatic rings. The van der Waals surface area contributed by atoms with E-state index in [1.807, 2.05) is 0 Å². The first-order chi connectivity index (χ1) is 6.38. The maximum Gasteiger partial charge on any atom is 0.105 e. The molecule has 0 radical (unpaired) electrons. The average Bonchev–Trinajstić information content (AvgIpc) is 2.49. The van der Waals surface area contributed by atoms with Crippen LogP contribution in [0.15, 0.2) is 12.1 Å². The second-order valence-electron chi connectivity index (χ2n) is 3.04. The summed E-state index contributed by atoms with van der Waals surface area (Å²) in [6, 6.07) is 4.13. The Morgan fingerprint density at radius 3 is 2.77 bits per heavy atom. The Bertz CT molecular complexity index is 270. The zero-order valence-corrected chi connectivity index (χ0v) is 8.18. The molecule has 0 spiro atoms. The van der Waals surface area contributed by atoms with E-state index in [1.165, 1.54) is 9.75 Å². The first kappa shape index (κ1) is 9.15. The molecule has 3 nitrogen and oxygen atoms in total. The minimum absolute atomic E-state index is 0.309. The van der Waals surface area contributed by atoms with Crippen molar-refractivity contribution in [2.24, 2.45) is 5.73 Å². The van der Waals surface area contributed by atoms with Gasteiger partial charge in [0.05, 0.1) is 19.8 Å². The van der Waals surface area contributed by atoms with Crippen LogP contribution in [0.2, 0.25) is 0 Å². The van der Waals surface area contributed by atoms with Crippen LogP contribution in [-0.2, 0) is 22.6 Å². The molecule has 0 amide bonds. The molecule has 1 aromatic rings. The molecule has 2 N–H and O–H groups in total. The summed E-state index contributed by atoms with van der Waals surface area (Å²) in [6.07, 6.45) is 0.309. The van der Waals surface area contributed by atoms with E-state index < -0.39 is 0 Å². The Hall–Kier alpha value is -0.420. The van der Waals surface area contributed by atoms with E-state index in [4.69, 9.17) is 15.2 Å². The number of thiophene rings is 1. The van der Waals surface area contributed by atoms with E-state index in [-0.39, 0.29) is 0 Å². The van der Waals surface area contributed by atoms with Crippen LogP contribution >= 0.6 is 11.3 Å². The standard InChI is InChI=1S/C9H13NO2S/c10-3-8-1-2-9(13-8)6-12-7-4-11-5-7/h1-2,7H,3-6,10H2. The first-order valence-electron chi connectivity index (χ1n) is 4.35. The highest BCUT2D eigenvalue weighted by Crippen LogP contribution is 2.18. The van der Waals surface area contributed by atoms with Gasteiger partial charge in [0.25, 0.3) is 0 Å². The number of rotatable bonds is 4. The Labute approximate surface area is 81.5 Å². The summed E-state index contributed by atoms with van der Waals surface area (Å²) in [5.41, 5.74) is 5.51. The Balaban J connectivity index is 1.79. The zero-order chi connectivity index (χ0) is 9.10. The lowest BCUT2D eigenvalue weighted by Crippen LogP contribution is -2.35. The van der Waals surface area contributed by atoms with Gasteiger partial charge in [-0.2, -0.15) is 0 Å². The van der Waals surface area contributed by atoms with Crippen LogP contribution in [-0.4, -0.2) is 19.3 Å². The van der Waals surface area contributed by atoms with Crippen molar-refractivity contribution < 1.29 is 9.47 Å². The van der Waals surface area contributed by atoms with Gasteiger partial charge in [-0.15, -0.1) is 11.3 Å². The SMILES string of the molecule is NCc1ccc(COC2COC2)s1. The van der Waals surface area contributed by atoms with E-state index in [0.29, 0.717) is 19.3 Å². The number of hydrogen-bond acceptors (Lipinski definition) is 4. The van der Waals surface area contributed by atoms with Crippen molar-refractivity contribution in [1.82, 2.24) is 0 Å². The third-order valence-electron chi connectivity index (χ3n) is 1.99. The molecule has 0 saturated carbocycles. The van der Waals surface area contributed by atoms with Gasteiger partial charge in [-0.3, -0.25) is 0 Å². The normalized spacial score (nSPS) is 17.3. The van der Waals surface area contributed by atoms with Crippen LogP contribution in [0.3, 0.4) is 0 Å². The molecule has 2 rings (SSSR count). The highest BCUT2D eigenvalue weighted by molar-refractivity contribution is 7.11. The van der Waals surface area contributed by atoms with E-state index in [1.54, 1.807) is 11.3 Å². The molecule has 2 heterocycles. The molecule has 0 aliphatic carbocycles. The fourth-order valence-corrected chi connectivity index (χ4v) is 1.94. The van der Waals surface area contributed by atoms with Crippen LogP contribution in [0.1, 0.15) is 9.75 Å². The summed E-state index contributed by atoms with van der Waals surface area (Å²) in [7, 11) is 0. The molecular weight excluding hydrogens is 186 g/mol. The molecule has 1 aromatic heterocycles. The Morgan fingerprint density at radius 2 is 2.23 bits per heavy atom. The minimum atomic E-state index is 0.309. The van der Waals surface area contributed by atoms with Crippen LogP contribution in [0, 0.1) is 0 Å². The fraction of sp³-hybridized carbons (Fsp3) is 0.556. The molecule has 13 heavy (non-hydrogen) atoms. The maximum absolute atomic E-state index is 5.57. The van der Waals surface area contributed by atoms with Crippen LogP contribution in [0.4, 0.5) is 0 Å². The largest absolute Gasteiger partial charge is 0.376 e. The van der Waals surface area contributed by atoms with Crippen molar-refractivity contribution in [3.8, 4) is 0 Å². The summed E-state index contributed by atoms with van der Waals surface area (Å²) in [6.45, 7) is 2.81. The van der Waals surface area contributed by atoms with E-state index >= 15 is 0 Å². The predicted molar refractivity (Wildman–Crippen MR) is 51.6 cm³/mol. The van der Waals surface area contributed by atoms with Crippen LogP contribution in [0.5, 0.6) is 0 Å². The van der Waals surface area contributed by atoms with Crippen molar-refractivity contribution in [3.05, 3.63) is 21.9 Å². The summed E-state index contributed by atoms with van der Waals surface area (Å²) in [4.78, 5) is 2.45. The second-order valence-corrected chi connectivity index (χ2v) is 4.30. The molecule has 0 unspecified atom stereocenters. The van der Waals surface area contributed by atoms with Crippen molar-refractivity contribution in [1.29, 1.82) is 0 Å². The second kappa shape index (κ2) is 4.19. The molecule has 72 valence electrons. The quantitative estimate of drug-likeness (QED) is 0.790. The Kier molecular flexibility index (Phi) is 2.95. The number of ether oxygens (including phenoxy) is 2. The fourth-order valence-electron chi connectivity index (χ4n) is 1.12. The van der Waals surface area contributed by atoms with Gasteiger partial charge < -0.3 is 15.2 Å². The summed E-state index contributed by atoms with van der Waals surface area (Å²) >= 11 is 1.72. The van der Waals surface area contributed by atoms with Crippen molar-refractivity contribution in [2.75, 3.05) is 13.2 Å². The van der Waals surface area contributed by atoms with Crippen LogP contribution in [0.25, 0.3) is 0 Å². The zero-order valence-electron chi connectivity index (χ0n) is 7.36. The van der Waals surface area contributed by atoms with E-state index in [9.17, 15) is 0 Å². The number of hydrogen-bond donors (Lipinski definition) is 1. The molecule has 1 fully saturated rings.